The van der Waals surface area contributed by atoms with Crippen molar-refractivity contribution in [3.05, 3.63) is 108 Å². The van der Waals surface area contributed by atoms with E-state index in [9.17, 15) is 30.7 Å². The van der Waals surface area contributed by atoms with E-state index in [0.29, 0.717) is 17.8 Å². The summed E-state index contributed by atoms with van der Waals surface area (Å²) < 4.78 is 115. The SMILES string of the molecule is Nc1ccc(Oc2ccccc2C(c2ccccc2Oc2ccc(N)cc2F)(C(F)(F)F)C(F)(F)F)cc1. The number of hydrogen-bond acceptors (Lipinski definition) is 4. The molecule has 0 spiro atoms. The highest BCUT2D eigenvalue weighted by Crippen LogP contribution is 2.60. The normalized spacial score (nSPS) is 12.3. The molecule has 198 valence electrons. The Hall–Kier alpha value is -4.41. The first-order chi connectivity index (χ1) is 17.8. The van der Waals surface area contributed by atoms with Crippen molar-refractivity contribution in [2.24, 2.45) is 0 Å². The van der Waals surface area contributed by atoms with E-state index in [4.69, 9.17) is 20.9 Å². The molecule has 38 heavy (non-hydrogen) atoms. The highest BCUT2D eigenvalue weighted by molar-refractivity contribution is 5.57. The number of anilines is 2. The van der Waals surface area contributed by atoms with E-state index >= 15 is 0 Å². The fraction of sp³-hybridized carbons (Fsp3) is 0.111. The van der Waals surface area contributed by atoms with Crippen LogP contribution in [0.15, 0.2) is 91.0 Å². The summed E-state index contributed by atoms with van der Waals surface area (Å²) in [5, 5.41) is 0. The zero-order valence-electron chi connectivity index (χ0n) is 19.3. The van der Waals surface area contributed by atoms with Crippen LogP contribution in [0.2, 0.25) is 0 Å². The molecule has 0 fully saturated rings. The zero-order valence-corrected chi connectivity index (χ0v) is 19.3. The van der Waals surface area contributed by atoms with Gasteiger partial charge in [0.15, 0.2) is 11.6 Å². The van der Waals surface area contributed by atoms with E-state index in [0.717, 1.165) is 36.4 Å². The molecule has 0 aliphatic rings. The minimum atomic E-state index is -5.95. The van der Waals surface area contributed by atoms with Gasteiger partial charge in [-0.1, -0.05) is 36.4 Å². The summed E-state index contributed by atoms with van der Waals surface area (Å²) in [6, 6.07) is 16.0. The largest absolute Gasteiger partial charge is 0.457 e. The number of nitrogens with two attached hydrogens (primary N) is 2. The molecule has 0 amide bonds. The van der Waals surface area contributed by atoms with Crippen LogP contribution in [-0.2, 0) is 5.41 Å². The molecule has 4 aromatic carbocycles. The lowest BCUT2D eigenvalue weighted by Gasteiger charge is -2.39. The van der Waals surface area contributed by atoms with Gasteiger partial charge >= 0.3 is 12.4 Å². The van der Waals surface area contributed by atoms with Crippen LogP contribution in [-0.4, -0.2) is 12.4 Å². The second-order valence-electron chi connectivity index (χ2n) is 8.20. The second kappa shape index (κ2) is 9.81. The van der Waals surface area contributed by atoms with Crippen molar-refractivity contribution in [1.82, 2.24) is 0 Å². The molecule has 0 unspecified atom stereocenters. The van der Waals surface area contributed by atoms with E-state index in [1.54, 1.807) is 0 Å². The van der Waals surface area contributed by atoms with Gasteiger partial charge in [-0.25, -0.2) is 4.39 Å². The van der Waals surface area contributed by atoms with Gasteiger partial charge in [-0.15, -0.1) is 0 Å². The standard InChI is InChI=1S/C27H19F7N2O2/c28-21-15-17(36)11-14-24(21)38-23-8-4-2-6-20(23)25(26(29,30)31,27(32,33)34)19-5-1-3-7-22(19)37-18-12-9-16(35)10-13-18/h1-15H,35-36H2. The predicted octanol–water partition coefficient (Wildman–Crippen LogP) is 7.99. The van der Waals surface area contributed by atoms with Crippen molar-refractivity contribution in [2.45, 2.75) is 17.8 Å². The Kier molecular flexibility index (Phi) is 6.88. The summed E-state index contributed by atoms with van der Waals surface area (Å²) in [6.45, 7) is 0. The molecule has 0 bridgehead atoms. The molecule has 0 heterocycles. The molecule has 0 saturated carbocycles. The van der Waals surface area contributed by atoms with Crippen LogP contribution >= 0.6 is 0 Å². The van der Waals surface area contributed by atoms with Crippen molar-refractivity contribution < 1.29 is 40.2 Å². The van der Waals surface area contributed by atoms with Crippen molar-refractivity contribution in [2.75, 3.05) is 11.5 Å². The number of halogens is 7. The number of para-hydroxylation sites is 2. The Balaban J connectivity index is 1.99. The van der Waals surface area contributed by atoms with Crippen LogP contribution < -0.4 is 20.9 Å². The maximum absolute atomic E-state index is 14.9. The van der Waals surface area contributed by atoms with Crippen molar-refractivity contribution >= 4 is 11.4 Å². The molecule has 0 aliphatic heterocycles. The first kappa shape index (κ1) is 26.6. The van der Waals surface area contributed by atoms with Crippen molar-refractivity contribution in [3.63, 3.8) is 0 Å². The van der Waals surface area contributed by atoms with Gasteiger partial charge in [0.2, 0.25) is 5.41 Å². The number of nitrogen functional groups attached to an aromatic ring is 2. The molecule has 0 aromatic heterocycles. The van der Waals surface area contributed by atoms with Gasteiger partial charge in [-0.3, -0.25) is 0 Å². The van der Waals surface area contributed by atoms with Gasteiger partial charge in [0.25, 0.3) is 0 Å². The molecule has 0 aliphatic carbocycles. The predicted molar refractivity (Wildman–Crippen MR) is 128 cm³/mol. The third-order valence-corrected chi connectivity index (χ3v) is 5.72. The van der Waals surface area contributed by atoms with Gasteiger partial charge in [-0.2, -0.15) is 26.3 Å². The van der Waals surface area contributed by atoms with Gasteiger partial charge < -0.3 is 20.9 Å². The van der Waals surface area contributed by atoms with Gasteiger partial charge in [0, 0.05) is 28.6 Å². The third kappa shape index (κ3) is 4.79. The van der Waals surface area contributed by atoms with Crippen LogP contribution in [0.4, 0.5) is 42.1 Å². The summed E-state index contributed by atoms with van der Waals surface area (Å²) in [5.74, 6) is -3.31. The number of rotatable bonds is 6. The topological polar surface area (TPSA) is 70.5 Å². The Morgan fingerprint density at radius 2 is 1.00 bits per heavy atom. The molecule has 0 radical (unpaired) electrons. The van der Waals surface area contributed by atoms with Crippen LogP contribution in [0.3, 0.4) is 0 Å². The lowest BCUT2D eigenvalue weighted by Crippen LogP contribution is -2.55. The Labute approximate surface area is 212 Å². The second-order valence-corrected chi connectivity index (χ2v) is 8.20. The lowest BCUT2D eigenvalue weighted by atomic mass is 9.72. The first-order valence-corrected chi connectivity index (χ1v) is 10.9. The highest BCUT2D eigenvalue weighted by atomic mass is 19.4. The summed E-state index contributed by atoms with van der Waals surface area (Å²) in [5.41, 5.74) is 4.19. The fourth-order valence-electron chi connectivity index (χ4n) is 4.03. The van der Waals surface area contributed by atoms with Crippen LogP contribution in [0.1, 0.15) is 11.1 Å². The Bertz CT molecular complexity index is 1420. The Morgan fingerprint density at radius 3 is 1.50 bits per heavy atom. The minimum absolute atomic E-state index is 0.0168. The zero-order chi connectivity index (χ0) is 27.7. The third-order valence-electron chi connectivity index (χ3n) is 5.72. The van der Waals surface area contributed by atoms with Crippen LogP contribution in [0, 0.1) is 5.82 Å². The maximum Gasteiger partial charge on any atom is 0.411 e. The number of benzene rings is 4. The van der Waals surface area contributed by atoms with E-state index in [1.165, 1.54) is 42.5 Å². The van der Waals surface area contributed by atoms with E-state index in [1.807, 2.05) is 0 Å². The summed E-state index contributed by atoms with van der Waals surface area (Å²) in [4.78, 5) is 0. The van der Waals surface area contributed by atoms with Crippen LogP contribution in [0.25, 0.3) is 0 Å². The van der Waals surface area contributed by atoms with E-state index in [-0.39, 0.29) is 11.4 Å². The molecule has 4 nitrogen and oxygen atoms in total. The summed E-state index contributed by atoms with van der Waals surface area (Å²) in [7, 11) is 0. The molecular formula is C27H19F7N2O2. The van der Waals surface area contributed by atoms with Crippen LogP contribution in [0.5, 0.6) is 23.0 Å². The quantitative estimate of drug-likeness (QED) is 0.194. The highest BCUT2D eigenvalue weighted by Gasteiger charge is 2.74. The Morgan fingerprint density at radius 1 is 0.526 bits per heavy atom. The molecule has 0 saturated heterocycles. The molecular weight excluding hydrogens is 517 g/mol. The smallest absolute Gasteiger partial charge is 0.411 e. The lowest BCUT2D eigenvalue weighted by molar-refractivity contribution is -0.289. The monoisotopic (exact) mass is 536 g/mol. The number of alkyl halides is 6. The van der Waals surface area contributed by atoms with E-state index < -0.39 is 52.0 Å². The average molecular weight is 536 g/mol. The average Bonchev–Trinajstić information content (AvgIpc) is 2.83. The maximum atomic E-state index is 14.9. The van der Waals surface area contributed by atoms with Gasteiger partial charge in [0.1, 0.15) is 17.2 Å². The number of hydrogen-bond donors (Lipinski definition) is 2. The summed E-state index contributed by atoms with van der Waals surface area (Å²) >= 11 is 0. The fourth-order valence-corrected chi connectivity index (χ4v) is 4.03. The molecule has 4 N–H and O–H groups in total. The molecule has 0 atom stereocenters. The van der Waals surface area contributed by atoms with Gasteiger partial charge in [-0.05, 0) is 48.5 Å². The first-order valence-electron chi connectivity index (χ1n) is 10.9. The number of ether oxygens (including phenoxy) is 2. The van der Waals surface area contributed by atoms with Crippen molar-refractivity contribution in [1.29, 1.82) is 0 Å². The molecule has 4 aromatic rings. The van der Waals surface area contributed by atoms with Gasteiger partial charge in [0.05, 0.1) is 0 Å². The minimum Gasteiger partial charge on any atom is -0.457 e. The van der Waals surface area contributed by atoms with E-state index in [2.05, 4.69) is 0 Å². The molecule has 4 rings (SSSR count). The summed E-state index contributed by atoms with van der Waals surface area (Å²) in [6.07, 6.45) is -11.9. The van der Waals surface area contributed by atoms with Crippen molar-refractivity contribution in [3.8, 4) is 23.0 Å². The molecule has 11 heteroatoms.